The first-order chi connectivity index (χ1) is 11.6. The molecule has 0 aliphatic heterocycles. The maximum absolute atomic E-state index is 11.2. The Kier molecular flexibility index (Phi) is 4.57. The molecule has 122 valence electrons. The second kappa shape index (κ2) is 6.80. The molecular weight excluding hydrogens is 326 g/mol. The summed E-state index contributed by atoms with van der Waals surface area (Å²) in [5, 5.41) is 8.03. The van der Waals surface area contributed by atoms with Crippen molar-refractivity contribution in [2.24, 2.45) is 0 Å². The molecule has 0 spiro atoms. The molecule has 0 radical (unpaired) electrons. The summed E-state index contributed by atoms with van der Waals surface area (Å²) in [5.74, 6) is 0.160. The molecule has 5 nitrogen and oxygen atoms in total. The first-order valence-corrected chi connectivity index (χ1v) is 7.73. The maximum Gasteiger partial charge on any atom is 0.325 e. The van der Waals surface area contributed by atoms with Gasteiger partial charge < -0.3 is 14.3 Å². The van der Waals surface area contributed by atoms with E-state index in [0.29, 0.717) is 11.5 Å². The number of carbonyl (C=O) groups is 1. The summed E-state index contributed by atoms with van der Waals surface area (Å²) in [4.78, 5) is 15.5. The van der Waals surface area contributed by atoms with E-state index in [1.165, 1.54) is 0 Å². The molecule has 6 heteroatoms. The monoisotopic (exact) mass is 341 g/mol. The second-order valence-electron chi connectivity index (χ2n) is 5.07. The van der Waals surface area contributed by atoms with Gasteiger partial charge in [0.1, 0.15) is 11.4 Å². The molecule has 0 amide bonds. The van der Waals surface area contributed by atoms with E-state index >= 15 is 0 Å². The summed E-state index contributed by atoms with van der Waals surface area (Å²) in [6.07, 6.45) is 0. The third-order valence-electron chi connectivity index (χ3n) is 3.51. The highest BCUT2D eigenvalue weighted by atomic mass is 32.1. The van der Waals surface area contributed by atoms with Crippen LogP contribution in [0.25, 0.3) is 22.6 Å². The minimum absolute atomic E-state index is 0.0514. The standard InChI is InChI=1S/C18H15NO4S/c1-22-13-9-7-12(8-10-13)15-14(11-5-3-2-4-6-11)19-17(23-15)16(24)18(20)21/h2-10,16,24H,1H3,(H,20,21). The lowest BCUT2D eigenvalue weighted by atomic mass is 10.1. The van der Waals surface area contributed by atoms with Gasteiger partial charge in [0.15, 0.2) is 11.0 Å². The van der Waals surface area contributed by atoms with Gasteiger partial charge >= 0.3 is 5.97 Å². The zero-order chi connectivity index (χ0) is 17.1. The minimum atomic E-state index is -1.13. The van der Waals surface area contributed by atoms with Gasteiger partial charge in [-0.25, -0.2) is 4.98 Å². The maximum atomic E-state index is 11.2. The first-order valence-electron chi connectivity index (χ1n) is 7.21. The zero-order valence-electron chi connectivity index (χ0n) is 12.8. The summed E-state index contributed by atoms with van der Waals surface area (Å²) >= 11 is 4.06. The van der Waals surface area contributed by atoms with Crippen LogP contribution in [0, 0.1) is 0 Å². The number of thiol groups is 1. The van der Waals surface area contributed by atoms with Crippen molar-refractivity contribution in [2.45, 2.75) is 5.25 Å². The Morgan fingerprint density at radius 2 is 1.79 bits per heavy atom. The van der Waals surface area contributed by atoms with Gasteiger partial charge in [-0.05, 0) is 24.3 Å². The average molecular weight is 341 g/mol. The topological polar surface area (TPSA) is 72.6 Å². The van der Waals surface area contributed by atoms with Gasteiger partial charge in [-0.1, -0.05) is 30.3 Å². The normalized spacial score (nSPS) is 11.9. The number of hydrogen-bond donors (Lipinski definition) is 2. The lowest BCUT2D eigenvalue weighted by molar-refractivity contribution is -0.136. The molecule has 1 N–H and O–H groups in total. The van der Waals surface area contributed by atoms with Crippen molar-refractivity contribution in [2.75, 3.05) is 7.11 Å². The summed E-state index contributed by atoms with van der Waals surface area (Å²) in [6, 6.07) is 16.7. The van der Waals surface area contributed by atoms with Crippen LogP contribution >= 0.6 is 12.6 Å². The number of hydrogen-bond acceptors (Lipinski definition) is 5. The Bertz CT molecular complexity index is 843. The third-order valence-corrected chi connectivity index (χ3v) is 3.95. The second-order valence-corrected chi connectivity index (χ2v) is 5.58. The molecule has 1 heterocycles. The van der Waals surface area contributed by atoms with Gasteiger partial charge in [0.2, 0.25) is 5.89 Å². The molecule has 1 unspecified atom stereocenters. The Morgan fingerprint density at radius 3 is 2.38 bits per heavy atom. The SMILES string of the molecule is COc1ccc(-c2oc(C(S)C(=O)O)nc2-c2ccccc2)cc1. The molecular formula is C18H15NO4S. The van der Waals surface area contributed by atoms with Gasteiger partial charge in [0, 0.05) is 11.1 Å². The summed E-state index contributed by atoms with van der Waals surface area (Å²) in [6.45, 7) is 0. The number of aromatic nitrogens is 1. The van der Waals surface area contributed by atoms with E-state index in [2.05, 4.69) is 17.6 Å². The van der Waals surface area contributed by atoms with E-state index in [0.717, 1.165) is 16.9 Å². The van der Waals surface area contributed by atoms with Crippen LogP contribution in [0.3, 0.4) is 0 Å². The van der Waals surface area contributed by atoms with E-state index in [4.69, 9.17) is 14.3 Å². The zero-order valence-corrected chi connectivity index (χ0v) is 13.7. The van der Waals surface area contributed by atoms with E-state index in [1.807, 2.05) is 54.6 Å². The number of aliphatic carboxylic acids is 1. The molecule has 1 atom stereocenters. The minimum Gasteiger partial charge on any atom is -0.497 e. The van der Waals surface area contributed by atoms with Crippen molar-refractivity contribution in [3.63, 3.8) is 0 Å². The molecule has 1 aromatic heterocycles. The van der Waals surface area contributed by atoms with Crippen LogP contribution in [0.2, 0.25) is 0 Å². The highest BCUT2D eigenvalue weighted by molar-refractivity contribution is 7.81. The lowest BCUT2D eigenvalue weighted by Gasteiger charge is -2.03. The number of benzene rings is 2. The van der Waals surface area contributed by atoms with Crippen molar-refractivity contribution in [3.8, 4) is 28.3 Å². The fourth-order valence-corrected chi connectivity index (χ4v) is 2.40. The number of oxazole rings is 1. The molecule has 24 heavy (non-hydrogen) atoms. The Morgan fingerprint density at radius 1 is 1.12 bits per heavy atom. The molecule has 0 saturated heterocycles. The third kappa shape index (κ3) is 3.14. The number of ether oxygens (including phenoxy) is 1. The summed E-state index contributed by atoms with van der Waals surface area (Å²) < 4.78 is 10.9. The molecule has 0 bridgehead atoms. The number of rotatable bonds is 5. The largest absolute Gasteiger partial charge is 0.497 e. The van der Waals surface area contributed by atoms with Crippen molar-refractivity contribution in [3.05, 3.63) is 60.5 Å². The number of carboxylic acids is 1. The molecule has 2 aromatic carbocycles. The number of methoxy groups -OCH3 is 1. The predicted molar refractivity (Wildman–Crippen MR) is 93.3 cm³/mol. The molecule has 0 aliphatic carbocycles. The quantitative estimate of drug-likeness (QED) is 0.684. The van der Waals surface area contributed by atoms with Gasteiger partial charge in [-0.2, -0.15) is 12.6 Å². The predicted octanol–water partition coefficient (Wildman–Crippen LogP) is 4.07. The van der Waals surface area contributed by atoms with Crippen LogP contribution in [0.4, 0.5) is 0 Å². The van der Waals surface area contributed by atoms with E-state index < -0.39 is 11.2 Å². The number of carboxylic acid groups (broad SMARTS) is 1. The van der Waals surface area contributed by atoms with Gasteiger partial charge in [-0.15, -0.1) is 0 Å². The van der Waals surface area contributed by atoms with E-state index in [9.17, 15) is 4.79 Å². The van der Waals surface area contributed by atoms with Crippen molar-refractivity contribution in [1.82, 2.24) is 4.98 Å². The van der Waals surface area contributed by atoms with Gasteiger partial charge in [0.25, 0.3) is 0 Å². The first kappa shape index (κ1) is 16.1. The van der Waals surface area contributed by atoms with Crippen LogP contribution in [0.1, 0.15) is 11.1 Å². The van der Waals surface area contributed by atoms with Gasteiger partial charge in [-0.3, -0.25) is 4.79 Å². The van der Waals surface area contributed by atoms with Crippen LogP contribution < -0.4 is 4.74 Å². The van der Waals surface area contributed by atoms with E-state index in [-0.39, 0.29) is 5.89 Å². The van der Waals surface area contributed by atoms with Crippen LogP contribution in [-0.2, 0) is 4.79 Å². The van der Waals surface area contributed by atoms with Crippen molar-refractivity contribution < 1.29 is 19.1 Å². The Balaban J connectivity index is 2.13. The smallest absolute Gasteiger partial charge is 0.325 e. The molecule has 0 saturated carbocycles. The van der Waals surface area contributed by atoms with Gasteiger partial charge in [0.05, 0.1) is 7.11 Å². The highest BCUT2D eigenvalue weighted by Crippen LogP contribution is 2.36. The Hall–Kier alpha value is -2.73. The van der Waals surface area contributed by atoms with Crippen LogP contribution in [-0.4, -0.2) is 23.2 Å². The van der Waals surface area contributed by atoms with E-state index in [1.54, 1.807) is 7.11 Å². The average Bonchev–Trinajstić information content (AvgIpc) is 3.07. The van der Waals surface area contributed by atoms with Crippen LogP contribution in [0.15, 0.2) is 59.0 Å². The molecule has 3 aromatic rings. The fraction of sp³-hybridized carbons (Fsp3) is 0.111. The number of nitrogens with zero attached hydrogens (tertiary/aromatic N) is 1. The summed E-state index contributed by atoms with van der Waals surface area (Å²) in [7, 11) is 1.59. The van der Waals surface area contributed by atoms with Crippen molar-refractivity contribution in [1.29, 1.82) is 0 Å². The molecule has 0 aliphatic rings. The fourth-order valence-electron chi connectivity index (χ4n) is 2.29. The molecule has 0 fully saturated rings. The van der Waals surface area contributed by atoms with Crippen molar-refractivity contribution >= 4 is 18.6 Å². The lowest BCUT2D eigenvalue weighted by Crippen LogP contribution is -2.05. The van der Waals surface area contributed by atoms with Crippen LogP contribution in [0.5, 0.6) is 5.75 Å². The Labute approximate surface area is 144 Å². The summed E-state index contributed by atoms with van der Waals surface area (Å²) in [5.41, 5.74) is 2.19. The highest BCUT2D eigenvalue weighted by Gasteiger charge is 2.25. The molecule has 3 rings (SSSR count).